The van der Waals surface area contributed by atoms with Crippen molar-refractivity contribution in [2.45, 2.75) is 44.8 Å². The Kier molecular flexibility index (Phi) is 9.09. The molecule has 1 unspecified atom stereocenters. The summed E-state index contributed by atoms with van der Waals surface area (Å²) in [6.45, 7) is 0. The third kappa shape index (κ3) is 10.8. The number of hydrogen-bond acceptors (Lipinski definition) is 4. The number of quaternary nitrogens is 1. The lowest BCUT2D eigenvalue weighted by atomic mass is 10.2. The highest BCUT2D eigenvalue weighted by Gasteiger charge is 2.27. The molecule has 0 aromatic heterocycles. The van der Waals surface area contributed by atoms with E-state index in [1.54, 1.807) is 6.08 Å². The predicted octanol–water partition coefficient (Wildman–Crippen LogP) is 1.63. The Balaban J connectivity index is 4.21. The summed E-state index contributed by atoms with van der Waals surface area (Å²) in [5.41, 5.74) is 0. The maximum absolute atomic E-state index is 11.7. The number of carboxylic acids is 2. The second kappa shape index (κ2) is 9.94. The van der Waals surface area contributed by atoms with Gasteiger partial charge in [0.2, 0.25) is 6.23 Å². The molecule has 0 heterocycles. The van der Waals surface area contributed by atoms with E-state index in [2.05, 4.69) is 0 Å². The van der Waals surface area contributed by atoms with Crippen LogP contribution in [0.15, 0.2) is 12.2 Å². The van der Waals surface area contributed by atoms with Gasteiger partial charge in [0.1, 0.15) is 0 Å². The fourth-order valence-corrected chi connectivity index (χ4v) is 1.74. The van der Waals surface area contributed by atoms with Gasteiger partial charge in [-0.05, 0) is 19.3 Å². The van der Waals surface area contributed by atoms with E-state index < -0.39 is 24.1 Å². The van der Waals surface area contributed by atoms with E-state index in [0.29, 0.717) is 23.7 Å². The average Bonchev–Trinajstić information content (AvgIpc) is 2.36. The molecule has 2 N–H and O–H groups in total. The Morgan fingerprint density at radius 1 is 1.05 bits per heavy atom. The monoisotopic (exact) mass is 316 g/mol. The molecule has 0 saturated heterocycles. The van der Waals surface area contributed by atoms with Gasteiger partial charge in [0, 0.05) is 18.9 Å². The van der Waals surface area contributed by atoms with Crippen LogP contribution in [0.3, 0.4) is 0 Å². The van der Waals surface area contributed by atoms with Gasteiger partial charge in [-0.2, -0.15) is 0 Å². The van der Waals surface area contributed by atoms with Crippen LogP contribution in [0.5, 0.6) is 0 Å². The highest BCUT2D eigenvalue weighted by Crippen LogP contribution is 2.12. The lowest BCUT2D eigenvalue weighted by Gasteiger charge is -2.32. The fourth-order valence-electron chi connectivity index (χ4n) is 1.74. The number of allylic oxidation sites excluding steroid dienone is 1. The van der Waals surface area contributed by atoms with Crippen LogP contribution in [0, 0.1) is 0 Å². The van der Waals surface area contributed by atoms with Crippen LogP contribution in [-0.4, -0.2) is 60.0 Å². The minimum Gasteiger partial charge on any atom is -0.481 e. The van der Waals surface area contributed by atoms with E-state index in [9.17, 15) is 14.4 Å². The molecule has 0 aliphatic rings. The third-order valence-electron chi connectivity index (χ3n) is 2.99. The number of carboxylic acid groups (broad SMARTS) is 2. The van der Waals surface area contributed by atoms with E-state index in [4.69, 9.17) is 14.9 Å². The number of ether oxygens (including phenoxy) is 1. The number of carbonyl (C=O) groups excluding carboxylic acids is 1. The Labute approximate surface area is 130 Å². The molecular weight excluding hydrogens is 290 g/mol. The second-order valence-electron chi connectivity index (χ2n) is 5.98. The number of hydrogen-bond donors (Lipinski definition) is 2. The molecule has 0 rings (SSSR count). The summed E-state index contributed by atoms with van der Waals surface area (Å²) >= 11 is 0. The Hall–Kier alpha value is -1.89. The van der Waals surface area contributed by atoms with Gasteiger partial charge in [-0.1, -0.05) is 6.08 Å². The summed E-state index contributed by atoms with van der Waals surface area (Å²) < 4.78 is 5.62. The molecule has 0 saturated carbocycles. The molecular formula is C15H26NO6+. The van der Waals surface area contributed by atoms with Gasteiger partial charge >= 0.3 is 17.9 Å². The maximum Gasteiger partial charge on any atom is 0.334 e. The highest BCUT2D eigenvalue weighted by atomic mass is 16.6. The molecule has 7 heteroatoms. The van der Waals surface area contributed by atoms with Crippen LogP contribution in [-0.2, 0) is 19.1 Å². The SMILES string of the molecule is C[N+](C)(C)C(CCC(=O)O)OC(=O)/C=C/CCCCC(=O)O. The molecule has 0 aliphatic carbocycles. The summed E-state index contributed by atoms with van der Waals surface area (Å²) in [5.74, 6) is -2.27. The smallest absolute Gasteiger partial charge is 0.334 e. The third-order valence-corrected chi connectivity index (χ3v) is 2.99. The number of esters is 1. The number of unbranched alkanes of at least 4 members (excludes halogenated alkanes) is 2. The van der Waals surface area contributed by atoms with Crippen LogP contribution in [0.4, 0.5) is 0 Å². The molecule has 0 aromatic rings. The number of aliphatic carboxylic acids is 2. The normalized spacial score (nSPS) is 13.0. The molecule has 0 radical (unpaired) electrons. The number of nitrogens with zero attached hydrogens (tertiary/aromatic N) is 1. The van der Waals surface area contributed by atoms with Gasteiger partial charge in [-0.3, -0.25) is 14.1 Å². The predicted molar refractivity (Wildman–Crippen MR) is 80.0 cm³/mol. The van der Waals surface area contributed by atoms with Gasteiger partial charge in [-0.25, -0.2) is 4.79 Å². The number of rotatable bonds is 11. The van der Waals surface area contributed by atoms with E-state index in [-0.39, 0.29) is 19.3 Å². The lowest BCUT2D eigenvalue weighted by molar-refractivity contribution is -0.917. The van der Waals surface area contributed by atoms with Gasteiger partial charge in [0.15, 0.2) is 0 Å². The van der Waals surface area contributed by atoms with Gasteiger partial charge in [-0.15, -0.1) is 0 Å². The van der Waals surface area contributed by atoms with E-state index in [0.717, 1.165) is 0 Å². The van der Waals surface area contributed by atoms with Crippen molar-refractivity contribution in [3.63, 3.8) is 0 Å². The first kappa shape index (κ1) is 20.1. The quantitative estimate of drug-likeness (QED) is 0.197. The van der Waals surface area contributed by atoms with E-state index >= 15 is 0 Å². The minimum absolute atomic E-state index is 0.0631. The lowest BCUT2D eigenvalue weighted by Crippen LogP contribution is -2.47. The van der Waals surface area contributed by atoms with Gasteiger partial charge < -0.3 is 14.9 Å². The van der Waals surface area contributed by atoms with Crippen LogP contribution < -0.4 is 0 Å². The minimum atomic E-state index is -0.927. The maximum atomic E-state index is 11.7. The zero-order chi connectivity index (χ0) is 17.2. The Bertz CT molecular complexity index is 411. The Morgan fingerprint density at radius 3 is 2.14 bits per heavy atom. The Morgan fingerprint density at radius 2 is 1.64 bits per heavy atom. The summed E-state index contributed by atoms with van der Waals surface area (Å²) in [4.78, 5) is 32.7. The zero-order valence-electron chi connectivity index (χ0n) is 13.4. The molecule has 0 bridgehead atoms. The first-order chi connectivity index (χ1) is 10.1. The van der Waals surface area contributed by atoms with Crippen molar-refractivity contribution in [1.82, 2.24) is 0 Å². The van der Waals surface area contributed by atoms with Crippen molar-refractivity contribution in [1.29, 1.82) is 0 Å². The highest BCUT2D eigenvalue weighted by molar-refractivity contribution is 5.82. The summed E-state index contributed by atoms with van der Waals surface area (Å²) in [5, 5.41) is 17.2. The van der Waals surface area contributed by atoms with Crippen LogP contribution >= 0.6 is 0 Å². The fraction of sp³-hybridized carbons (Fsp3) is 0.667. The molecule has 0 aliphatic heterocycles. The second-order valence-corrected chi connectivity index (χ2v) is 5.98. The van der Waals surface area contributed by atoms with Crippen molar-refractivity contribution < 1.29 is 33.8 Å². The van der Waals surface area contributed by atoms with E-state index in [1.165, 1.54) is 6.08 Å². The number of carbonyl (C=O) groups is 3. The first-order valence-corrected chi connectivity index (χ1v) is 7.24. The largest absolute Gasteiger partial charge is 0.481 e. The van der Waals surface area contributed by atoms with Crippen molar-refractivity contribution in [2.75, 3.05) is 21.1 Å². The van der Waals surface area contributed by atoms with Gasteiger partial charge in [0.05, 0.1) is 27.6 Å². The van der Waals surface area contributed by atoms with Gasteiger partial charge in [0.25, 0.3) is 0 Å². The molecule has 0 aromatic carbocycles. The molecule has 0 spiro atoms. The summed E-state index contributed by atoms with van der Waals surface area (Å²) in [6.07, 6.45) is 4.59. The van der Waals surface area contributed by atoms with Crippen molar-refractivity contribution in [3.05, 3.63) is 12.2 Å². The molecule has 7 nitrogen and oxygen atoms in total. The molecule has 126 valence electrons. The summed E-state index contributed by atoms with van der Waals surface area (Å²) in [6, 6.07) is 0. The van der Waals surface area contributed by atoms with Crippen LogP contribution in [0.1, 0.15) is 38.5 Å². The molecule has 0 amide bonds. The average molecular weight is 316 g/mol. The zero-order valence-corrected chi connectivity index (χ0v) is 13.4. The van der Waals surface area contributed by atoms with Crippen molar-refractivity contribution >= 4 is 17.9 Å². The standard InChI is InChI=1S/C15H25NO6/c1-16(2,3)12(10-11-14(19)20)22-15(21)9-7-5-4-6-8-13(17)18/h7,9,12H,4-6,8,10-11H2,1-3H3,(H-,17,18,19,20)/p+1/b9-7+. The van der Waals surface area contributed by atoms with E-state index in [1.807, 2.05) is 21.1 Å². The molecule has 0 fully saturated rings. The van der Waals surface area contributed by atoms with Crippen molar-refractivity contribution in [2.24, 2.45) is 0 Å². The van der Waals surface area contributed by atoms with Crippen LogP contribution in [0.25, 0.3) is 0 Å². The summed E-state index contributed by atoms with van der Waals surface area (Å²) in [7, 11) is 5.49. The van der Waals surface area contributed by atoms with Crippen molar-refractivity contribution in [3.8, 4) is 0 Å². The molecule has 1 atom stereocenters. The topological polar surface area (TPSA) is 101 Å². The molecule has 22 heavy (non-hydrogen) atoms. The first-order valence-electron chi connectivity index (χ1n) is 7.24. The van der Waals surface area contributed by atoms with Crippen LogP contribution in [0.2, 0.25) is 0 Å².